The van der Waals surface area contributed by atoms with Gasteiger partial charge in [-0.1, -0.05) is 19.9 Å². The molecule has 1 saturated heterocycles. The van der Waals surface area contributed by atoms with Gasteiger partial charge in [0.05, 0.1) is 13.2 Å². The Balaban J connectivity index is 1.90. The van der Waals surface area contributed by atoms with Crippen LogP contribution < -0.4 is 14.8 Å². The molecule has 2 aliphatic heterocycles. The van der Waals surface area contributed by atoms with Gasteiger partial charge in [0, 0.05) is 44.7 Å². The molecule has 21 heavy (non-hydrogen) atoms. The van der Waals surface area contributed by atoms with E-state index in [4.69, 9.17) is 9.47 Å². The van der Waals surface area contributed by atoms with Crippen LogP contribution >= 0.6 is 0 Å². The van der Waals surface area contributed by atoms with Crippen molar-refractivity contribution in [1.82, 2.24) is 10.2 Å². The van der Waals surface area contributed by atoms with Crippen LogP contribution in [0, 0.1) is 0 Å². The number of ether oxygens (including phenoxy) is 2. The summed E-state index contributed by atoms with van der Waals surface area (Å²) in [7, 11) is 0. The Labute approximate surface area is 127 Å². The smallest absolute Gasteiger partial charge is 0.164 e. The second-order valence-corrected chi connectivity index (χ2v) is 6.20. The maximum atomic E-state index is 6.01. The molecule has 1 N–H and O–H groups in total. The van der Waals surface area contributed by atoms with E-state index >= 15 is 0 Å². The van der Waals surface area contributed by atoms with E-state index in [9.17, 15) is 0 Å². The summed E-state index contributed by atoms with van der Waals surface area (Å²) >= 11 is 0. The van der Waals surface area contributed by atoms with Crippen molar-refractivity contribution in [1.29, 1.82) is 0 Å². The zero-order chi connectivity index (χ0) is 14.7. The number of nitrogens with zero attached hydrogens (tertiary/aromatic N) is 1. The molecule has 3 rings (SSSR count). The fourth-order valence-corrected chi connectivity index (χ4v) is 3.18. The number of piperazine rings is 1. The summed E-state index contributed by atoms with van der Waals surface area (Å²) in [5.41, 5.74) is 2.71. The summed E-state index contributed by atoms with van der Waals surface area (Å²) in [6.07, 6.45) is 0.958. The van der Waals surface area contributed by atoms with Gasteiger partial charge in [-0.2, -0.15) is 0 Å². The van der Waals surface area contributed by atoms with Crippen molar-refractivity contribution >= 4 is 0 Å². The summed E-state index contributed by atoms with van der Waals surface area (Å²) in [5.74, 6) is 2.34. The minimum Gasteiger partial charge on any atom is -0.490 e. The number of hydrogen-bond acceptors (Lipinski definition) is 4. The Bertz CT molecular complexity index is 482. The quantitative estimate of drug-likeness (QED) is 0.927. The van der Waals surface area contributed by atoms with E-state index in [2.05, 4.69) is 36.2 Å². The highest BCUT2D eigenvalue weighted by Gasteiger charge is 2.22. The van der Waals surface area contributed by atoms with Gasteiger partial charge in [-0.05, 0) is 17.5 Å². The van der Waals surface area contributed by atoms with Crippen molar-refractivity contribution in [3.8, 4) is 11.5 Å². The first-order valence-corrected chi connectivity index (χ1v) is 8.10. The molecule has 116 valence electrons. The molecular weight excluding hydrogens is 264 g/mol. The Morgan fingerprint density at radius 3 is 2.67 bits per heavy atom. The van der Waals surface area contributed by atoms with Crippen LogP contribution in [0.25, 0.3) is 0 Å². The highest BCUT2D eigenvalue weighted by Crippen LogP contribution is 2.40. The monoisotopic (exact) mass is 290 g/mol. The minimum absolute atomic E-state index is 0.444. The summed E-state index contributed by atoms with van der Waals surface area (Å²) in [6.45, 7) is 11.4. The van der Waals surface area contributed by atoms with Gasteiger partial charge in [0.2, 0.25) is 0 Å². The lowest BCUT2D eigenvalue weighted by atomic mass is 9.95. The lowest BCUT2D eigenvalue weighted by molar-refractivity contribution is 0.231. The zero-order valence-electron chi connectivity index (χ0n) is 13.2. The molecule has 0 atom stereocenters. The largest absolute Gasteiger partial charge is 0.490 e. The highest BCUT2D eigenvalue weighted by molar-refractivity contribution is 5.52. The van der Waals surface area contributed by atoms with E-state index in [-0.39, 0.29) is 0 Å². The molecule has 4 nitrogen and oxygen atoms in total. The summed E-state index contributed by atoms with van der Waals surface area (Å²) in [6, 6.07) is 4.31. The number of nitrogens with one attached hydrogen (secondary N) is 1. The molecule has 0 radical (unpaired) electrons. The van der Waals surface area contributed by atoms with Gasteiger partial charge < -0.3 is 14.8 Å². The van der Waals surface area contributed by atoms with Gasteiger partial charge in [0.15, 0.2) is 11.5 Å². The highest BCUT2D eigenvalue weighted by atomic mass is 16.5. The van der Waals surface area contributed by atoms with Crippen molar-refractivity contribution in [2.24, 2.45) is 0 Å². The molecule has 0 unspecified atom stereocenters. The van der Waals surface area contributed by atoms with E-state index < -0.39 is 0 Å². The fraction of sp³-hybridized carbons (Fsp3) is 0.647. The van der Waals surface area contributed by atoms with Crippen molar-refractivity contribution < 1.29 is 9.47 Å². The van der Waals surface area contributed by atoms with Crippen LogP contribution in [0.4, 0.5) is 0 Å². The Hall–Kier alpha value is -1.26. The van der Waals surface area contributed by atoms with E-state index in [1.807, 2.05) is 0 Å². The molecule has 0 aliphatic carbocycles. The standard InChI is InChI=1S/C17H26N2O2/c1-13(2)16-14(12-19-8-6-18-7-9-19)4-5-15-17(16)21-11-3-10-20-15/h4-5,13,18H,3,6-12H2,1-2H3. The maximum absolute atomic E-state index is 6.01. The lowest BCUT2D eigenvalue weighted by Crippen LogP contribution is -2.43. The van der Waals surface area contributed by atoms with Gasteiger partial charge in [-0.3, -0.25) is 4.90 Å². The van der Waals surface area contributed by atoms with Crippen LogP contribution in [0.5, 0.6) is 11.5 Å². The third-order valence-corrected chi connectivity index (χ3v) is 4.22. The Morgan fingerprint density at radius 2 is 1.90 bits per heavy atom. The van der Waals surface area contributed by atoms with Crippen LogP contribution in [-0.4, -0.2) is 44.3 Å². The van der Waals surface area contributed by atoms with Crippen molar-refractivity contribution in [3.05, 3.63) is 23.3 Å². The third-order valence-electron chi connectivity index (χ3n) is 4.22. The first kappa shape index (κ1) is 14.7. The minimum atomic E-state index is 0.444. The molecule has 2 heterocycles. The zero-order valence-corrected chi connectivity index (χ0v) is 13.2. The lowest BCUT2D eigenvalue weighted by Gasteiger charge is -2.29. The van der Waals surface area contributed by atoms with Gasteiger partial charge >= 0.3 is 0 Å². The maximum Gasteiger partial charge on any atom is 0.164 e. The molecule has 1 aromatic rings. The number of fused-ring (bicyclic) bond motifs is 1. The average molecular weight is 290 g/mol. The molecule has 0 spiro atoms. The molecular formula is C17H26N2O2. The molecule has 0 aromatic heterocycles. The molecule has 1 aromatic carbocycles. The second kappa shape index (κ2) is 6.67. The first-order chi connectivity index (χ1) is 10.3. The van der Waals surface area contributed by atoms with E-state index in [0.717, 1.165) is 63.9 Å². The molecule has 0 amide bonds. The van der Waals surface area contributed by atoms with Crippen LogP contribution in [0.3, 0.4) is 0 Å². The SMILES string of the molecule is CC(C)c1c(CN2CCNCC2)ccc2c1OCCCO2. The molecule has 2 aliphatic rings. The topological polar surface area (TPSA) is 33.7 Å². The molecule has 0 bridgehead atoms. The van der Waals surface area contributed by atoms with Gasteiger partial charge in [0.1, 0.15) is 0 Å². The van der Waals surface area contributed by atoms with Gasteiger partial charge in [-0.15, -0.1) is 0 Å². The summed E-state index contributed by atoms with van der Waals surface area (Å²) < 4.78 is 11.9. The first-order valence-electron chi connectivity index (χ1n) is 8.10. The van der Waals surface area contributed by atoms with Gasteiger partial charge in [-0.25, -0.2) is 0 Å². The van der Waals surface area contributed by atoms with Crippen molar-refractivity contribution in [2.45, 2.75) is 32.7 Å². The Morgan fingerprint density at radius 1 is 1.14 bits per heavy atom. The van der Waals surface area contributed by atoms with Crippen LogP contribution in [0.1, 0.15) is 37.3 Å². The second-order valence-electron chi connectivity index (χ2n) is 6.20. The van der Waals surface area contributed by atoms with Crippen LogP contribution in [-0.2, 0) is 6.54 Å². The fourth-order valence-electron chi connectivity index (χ4n) is 3.18. The summed E-state index contributed by atoms with van der Waals surface area (Å²) in [4.78, 5) is 2.52. The van der Waals surface area contributed by atoms with E-state index in [0.29, 0.717) is 5.92 Å². The van der Waals surface area contributed by atoms with Crippen LogP contribution in [0.15, 0.2) is 12.1 Å². The number of hydrogen-bond donors (Lipinski definition) is 1. The predicted octanol–water partition coefficient (Wildman–Crippen LogP) is 2.38. The molecule has 4 heteroatoms. The van der Waals surface area contributed by atoms with E-state index in [1.165, 1.54) is 11.1 Å². The van der Waals surface area contributed by atoms with E-state index in [1.54, 1.807) is 0 Å². The number of rotatable bonds is 3. The van der Waals surface area contributed by atoms with Gasteiger partial charge in [0.25, 0.3) is 0 Å². The molecule has 1 fully saturated rings. The Kier molecular flexibility index (Phi) is 4.66. The van der Waals surface area contributed by atoms with Crippen molar-refractivity contribution in [3.63, 3.8) is 0 Å². The molecule has 0 saturated carbocycles. The predicted molar refractivity (Wildman–Crippen MR) is 84.3 cm³/mol. The summed E-state index contributed by atoms with van der Waals surface area (Å²) in [5, 5.41) is 3.41. The van der Waals surface area contributed by atoms with Crippen molar-refractivity contribution in [2.75, 3.05) is 39.4 Å². The average Bonchev–Trinajstić information content (AvgIpc) is 2.73. The third kappa shape index (κ3) is 3.33. The number of benzene rings is 1. The normalized spacial score (nSPS) is 19.6. The van der Waals surface area contributed by atoms with Crippen LogP contribution in [0.2, 0.25) is 0 Å².